The molecule has 5 aliphatic heterocycles. The summed E-state index contributed by atoms with van der Waals surface area (Å²) in [6.45, 7) is 11.3. The van der Waals surface area contributed by atoms with Crippen molar-refractivity contribution in [2.75, 3.05) is 59.5 Å². The number of fused-ring (bicyclic) bond motifs is 6. The maximum absolute atomic E-state index is 15.2. The number of carbonyl (C=O) groups is 3. The molecule has 9 rings (SSSR count). The van der Waals surface area contributed by atoms with E-state index in [2.05, 4.69) is 71.1 Å². The highest BCUT2D eigenvalue weighted by Crippen LogP contribution is 2.68. The molecule has 12 heteroatoms. The van der Waals surface area contributed by atoms with Crippen LogP contribution in [0, 0.1) is 18.3 Å². The zero-order chi connectivity index (χ0) is 41.1. The minimum atomic E-state index is -2.28. The molecule has 2 aromatic carbocycles. The average Bonchev–Trinajstić information content (AvgIpc) is 3.86. The van der Waals surface area contributed by atoms with Crippen LogP contribution in [0.4, 0.5) is 5.69 Å². The molecule has 1 unspecified atom stereocenters. The van der Waals surface area contributed by atoms with Crippen LogP contribution in [0.25, 0.3) is 10.9 Å². The second-order valence-corrected chi connectivity index (χ2v) is 17.7. The predicted octanol–water partition coefficient (Wildman–Crippen LogP) is 5.06. The van der Waals surface area contributed by atoms with Gasteiger partial charge in [-0.15, -0.1) is 0 Å². The minimum absolute atomic E-state index is 0.0254. The summed E-state index contributed by atoms with van der Waals surface area (Å²) in [7, 11) is 6.24. The molecule has 1 aliphatic carbocycles. The molecule has 2 bridgehead atoms. The lowest BCUT2D eigenvalue weighted by molar-refractivity contribution is -0.228. The number of anilines is 1. The van der Waals surface area contributed by atoms with Gasteiger partial charge in [-0.1, -0.05) is 49.3 Å². The molecule has 0 amide bonds. The second kappa shape index (κ2) is 13.4. The van der Waals surface area contributed by atoms with Crippen molar-refractivity contribution in [2.45, 2.75) is 94.5 Å². The lowest BCUT2D eigenvalue weighted by Crippen LogP contribution is -2.81. The molecule has 1 spiro atoms. The molecule has 308 valence electrons. The van der Waals surface area contributed by atoms with E-state index in [9.17, 15) is 14.7 Å². The van der Waals surface area contributed by atoms with E-state index in [0.29, 0.717) is 50.2 Å². The van der Waals surface area contributed by atoms with Crippen molar-refractivity contribution in [3.8, 4) is 5.75 Å². The third-order valence-corrected chi connectivity index (χ3v) is 15.0. The first-order chi connectivity index (χ1) is 27.8. The fraction of sp³-hybridized carbons (Fsp3) is 0.543. The first kappa shape index (κ1) is 38.8. The number of rotatable bonds is 7. The van der Waals surface area contributed by atoms with Crippen molar-refractivity contribution in [1.29, 1.82) is 0 Å². The van der Waals surface area contributed by atoms with E-state index >= 15 is 4.79 Å². The summed E-state index contributed by atoms with van der Waals surface area (Å²) in [5.41, 5.74) is 2.19. The largest absolute Gasteiger partial charge is 0.496 e. The van der Waals surface area contributed by atoms with Crippen LogP contribution in [0.1, 0.15) is 74.4 Å². The number of hydrogen-bond donors (Lipinski definition) is 2. The lowest BCUT2D eigenvalue weighted by Gasteiger charge is -2.63. The van der Waals surface area contributed by atoms with Gasteiger partial charge in [0.1, 0.15) is 11.2 Å². The number of aromatic nitrogens is 1. The van der Waals surface area contributed by atoms with Gasteiger partial charge in [-0.25, -0.2) is 4.79 Å². The summed E-state index contributed by atoms with van der Waals surface area (Å²) in [4.78, 5) is 53.3. The van der Waals surface area contributed by atoms with Gasteiger partial charge < -0.3 is 33.9 Å². The van der Waals surface area contributed by atoms with Gasteiger partial charge in [0.05, 0.1) is 27.4 Å². The number of hydrogen-bond acceptors (Lipinski definition) is 11. The number of carbonyl (C=O) groups excluding carboxylic acids is 3. The van der Waals surface area contributed by atoms with Crippen LogP contribution >= 0.6 is 0 Å². The van der Waals surface area contributed by atoms with Crippen molar-refractivity contribution < 1.29 is 38.4 Å². The minimum Gasteiger partial charge on any atom is -0.496 e. The lowest BCUT2D eigenvalue weighted by atomic mass is 9.47. The summed E-state index contributed by atoms with van der Waals surface area (Å²) >= 11 is 0. The van der Waals surface area contributed by atoms with Crippen LogP contribution in [0.5, 0.6) is 5.75 Å². The van der Waals surface area contributed by atoms with Gasteiger partial charge in [-0.2, -0.15) is 0 Å². The number of esters is 3. The topological polar surface area (TPSA) is 134 Å². The molecule has 58 heavy (non-hydrogen) atoms. The zero-order valence-corrected chi connectivity index (χ0v) is 34.9. The smallest absolute Gasteiger partial charge is 0.344 e. The second-order valence-electron chi connectivity index (χ2n) is 17.7. The van der Waals surface area contributed by atoms with E-state index in [0.717, 1.165) is 58.5 Å². The average molecular weight is 793 g/mol. The Bertz CT molecular complexity index is 2300. The van der Waals surface area contributed by atoms with Crippen LogP contribution in [-0.4, -0.2) is 116 Å². The van der Waals surface area contributed by atoms with E-state index in [-0.39, 0.29) is 17.9 Å². The van der Waals surface area contributed by atoms with Crippen molar-refractivity contribution in [1.82, 2.24) is 14.8 Å². The molecule has 1 saturated heterocycles. The Hall–Kier alpha value is -4.65. The number of H-pyrrole nitrogens is 1. The van der Waals surface area contributed by atoms with Gasteiger partial charge in [0.25, 0.3) is 0 Å². The number of aliphatic hydroxyl groups is 1. The Morgan fingerprint density at radius 1 is 1.00 bits per heavy atom. The fourth-order valence-corrected chi connectivity index (χ4v) is 13.0. The van der Waals surface area contributed by atoms with Crippen LogP contribution in [0.3, 0.4) is 0 Å². The molecule has 1 aromatic heterocycles. The Morgan fingerprint density at radius 2 is 1.78 bits per heavy atom. The summed E-state index contributed by atoms with van der Waals surface area (Å²) in [6, 6.07) is 9.32. The first-order valence-corrected chi connectivity index (χ1v) is 20.8. The maximum Gasteiger partial charge on any atom is 0.344 e. The van der Waals surface area contributed by atoms with Gasteiger partial charge >= 0.3 is 17.9 Å². The van der Waals surface area contributed by atoms with E-state index in [1.165, 1.54) is 26.7 Å². The summed E-state index contributed by atoms with van der Waals surface area (Å²) < 4.78 is 23.9. The number of ether oxygens (including phenoxy) is 4. The molecule has 3 aromatic rings. The summed E-state index contributed by atoms with van der Waals surface area (Å²) in [6.07, 6.45) is 7.68. The van der Waals surface area contributed by atoms with E-state index < -0.39 is 45.9 Å². The summed E-state index contributed by atoms with van der Waals surface area (Å²) in [5.74, 6) is -1.31. The van der Waals surface area contributed by atoms with Crippen LogP contribution in [-0.2, 0) is 46.0 Å². The van der Waals surface area contributed by atoms with Gasteiger partial charge in [0, 0.05) is 90.9 Å². The number of aromatic amines is 1. The Morgan fingerprint density at radius 3 is 2.47 bits per heavy atom. The fourth-order valence-electron chi connectivity index (χ4n) is 13.0. The molecular formula is C46H56N4O8. The molecule has 2 fully saturated rings. The Kier molecular flexibility index (Phi) is 9.00. The van der Waals surface area contributed by atoms with Gasteiger partial charge in [0.15, 0.2) is 6.10 Å². The number of likely N-dealkylation sites (N-methyl/N-ethyl adjacent to an activating group) is 1. The van der Waals surface area contributed by atoms with Crippen LogP contribution < -0.4 is 9.64 Å². The van der Waals surface area contributed by atoms with Crippen molar-refractivity contribution in [3.63, 3.8) is 0 Å². The van der Waals surface area contributed by atoms with Crippen molar-refractivity contribution in [3.05, 3.63) is 82.1 Å². The SMILES string of the molecule is CCC1=C[C@H]2CN(C1)Cc1c([nH]c3ccc(C)cc13)[C@@](C(=O)OC)(c1cc3c(cc1OC)N(C)[C@H]1[C@@](O)(C(=O)OC)[C@H](OC(C)=O)[C@]4(CC)C=CCN5CC[C@]31[C@@H]54)C2. The normalized spacial score (nSPS) is 34.5. The van der Waals surface area contributed by atoms with E-state index in [4.69, 9.17) is 18.9 Å². The van der Waals surface area contributed by atoms with Crippen LogP contribution in [0.15, 0.2) is 54.1 Å². The molecule has 2 N–H and O–H groups in total. The third-order valence-electron chi connectivity index (χ3n) is 15.0. The summed E-state index contributed by atoms with van der Waals surface area (Å²) in [5, 5.41) is 14.4. The molecule has 6 heterocycles. The predicted molar refractivity (Wildman–Crippen MR) is 219 cm³/mol. The number of nitrogens with one attached hydrogen (secondary N) is 1. The molecule has 9 atom stereocenters. The molecule has 1 saturated carbocycles. The number of nitrogens with zero attached hydrogens (tertiary/aromatic N) is 3. The molecular weight excluding hydrogens is 737 g/mol. The highest BCUT2D eigenvalue weighted by atomic mass is 16.6. The Labute approximate surface area is 340 Å². The number of benzene rings is 2. The third kappa shape index (κ3) is 4.88. The molecule has 12 nitrogen and oxygen atoms in total. The maximum atomic E-state index is 15.2. The quantitative estimate of drug-likeness (QED) is 0.189. The highest BCUT2D eigenvalue weighted by Gasteiger charge is 2.80. The van der Waals surface area contributed by atoms with Crippen LogP contribution in [0.2, 0.25) is 0 Å². The Balaban J connectivity index is 1.37. The van der Waals surface area contributed by atoms with Crippen molar-refractivity contribution >= 4 is 34.5 Å². The first-order valence-electron chi connectivity index (χ1n) is 20.8. The van der Waals surface area contributed by atoms with E-state index in [1.54, 1.807) is 7.11 Å². The van der Waals surface area contributed by atoms with Gasteiger partial charge in [-0.05, 0) is 74.4 Å². The standard InChI is InChI=1S/C46H56N4O8/c1-9-28-19-29-22-45(41(52)56-7,37-31(25-49(23-28)24-29)30-18-26(3)12-13-34(30)47-37)33-20-32-35(21-36(33)55-6)48(5)39-44(32)15-17-50-16-11-14-43(10-2,38(44)50)40(58-27(4)51)46(39,54)42(53)57-8/h11-14,18-21,29,38-40,47,54H,9-10,15-17,22-25H2,1-8H3/t29-,38+,39-,40-,43-,44-,45+,46+/m1/s1. The van der Waals surface area contributed by atoms with Gasteiger partial charge in [0.2, 0.25) is 5.60 Å². The molecule has 0 radical (unpaired) electrons. The molecule has 6 aliphatic rings. The van der Waals surface area contributed by atoms with Crippen molar-refractivity contribution in [2.24, 2.45) is 11.3 Å². The highest BCUT2D eigenvalue weighted by molar-refractivity contribution is 5.95. The zero-order valence-electron chi connectivity index (χ0n) is 34.9. The van der Waals surface area contributed by atoms with E-state index in [1.807, 2.05) is 24.9 Å². The monoisotopic (exact) mass is 792 g/mol. The van der Waals surface area contributed by atoms with Gasteiger partial charge in [-0.3, -0.25) is 19.4 Å². The number of methoxy groups -OCH3 is 3. The number of aryl methyl sites for hydroxylation is 1.